The highest BCUT2D eigenvalue weighted by Gasteiger charge is 2.58. The van der Waals surface area contributed by atoms with E-state index in [9.17, 15) is 57.5 Å². The van der Waals surface area contributed by atoms with Gasteiger partial charge in [-0.3, -0.25) is 47.9 Å². The minimum absolute atomic E-state index is 0.0431. The van der Waals surface area contributed by atoms with Gasteiger partial charge in [-0.25, -0.2) is 9.59 Å². The third kappa shape index (κ3) is 22.8. The summed E-state index contributed by atoms with van der Waals surface area (Å²) in [5, 5.41) is 7.86. The van der Waals surface area contributed by atoms with Crippen molar-refractivity contribution in [1.82, 2.24) is 20.9 Å². The lowest BCUT2D eigenvalue weighted by Gasteiger charge is -2.48. The maximum Gasteiger partial charge on any atom is 0.328 e. The van der Waals surface area contributed by atoms with Gasteiger partial charge in [-0.15, -0.1) is 0 Å². The van der Waals surface area contributed by atoms with E-state index >= 15 is 0 Å². The Bertz CT molecular complexity index is 2400. The molecule has 0 spiro atoms. The fourth-order valence-corrected chi connectivity index (χ4v) is 8.41. The molecule has 2 saturated heterocycles. The van der Waals surface area contributed by atoms with E-state index in [0.29, 0.717) is 5.56 Å². The molecule has 3 N–H and O–H groups in total. The number of rotatable bonds is 27. The molecule has 3 rings (SSSR count). The van der Waals surface area contributed by atoms with Crippen LogP contribution in [0.5, 0.6) is 0 Å². The lowest BCUT2D eigenvalue weighted by atomic mass is 9.96. The predicted octanol–water partition coefficient (Wildman–Crippen LogP) is 0.550. The van der Waals surface area contributed by atoms with Gasteiger partial charge in [0.15, 0.2) is 43.1 Å². The number of nitrogens with one attached hydrogen (secondary N) is 3. The van der Waals surface area contributed by atoms with Gasteiger partial charge in [0, 0.05) is 67.0 Å². The maximum atomic E-state index is 14.3. The number of ether oxygens (including phenoxy) is 13. The summed E-state index contributed by atoms with van der Waals surface area (Å²) < 4.78 is 73.4. The van der Waals surface area contributed by atoms with Gasteiger partial charge in [0.05, 0.1) is 26.7 Å². The van der Waals surface area contributed by atoms with Gasteiger partial charge in [0.1, 0.15) is 49.7 Å². The summed E-state index contributed by atoms with van der Waals surface area (Å²) in [5.74, 6) is -10.00. The van der Waals surface area contributed by atoms with Crippen LogP contribution in [0.15, 0.2) is 30.3 Å². The van der Waals surface area contributed by atoms with Crippen molar-refractivity contribution in [1.29, 1.82) is 0 Å². The first-order chi connectivity index (χ1) is 38.4. The molecule has 4 amide bonds. The monoisotopic (exact) mass is 1170 g/mol. The number of methoxy groups -OCH3 is 1. The Balaban J connectivity index is 2.07. The third-order valence-corrected chi connectivity index (χ3v) is 11.6. The summed E-state index contributed by atoms with van der Waals surface area (Å²) >= 11 is 0. The topological polar surface area (TPSA) is 364 Å². The molecule has 0 aliphatic carbocycles. The lowest BCUT2D eigenvalue weighted by molar-refractivity contribution is -0.361. The van der Waals surface area contributed by atoms with Gasteiger partial charge in [0.2, 0.25) is 11.8 Å². The van der Waals surface area contributed by atoms with Crippen LogP contribution in [-0.2, 0) is 121 Å². The molecule has 29 heteroatoms. The van der Waals surface area contributed by atoms with Gasteiger partial charge in [0.25, 0.3) is 0 Å². The fraction of sp³-hybridized carbons (Fsp3) is 0.660. The largest absolute Gasteiger partial charge is 0.467 e. The van der Waals surface area contributed by atoms with Crippen LogP contribution in [0.2, 0.25) is 0 Å². The summed E-state index contributed by atoms with van der Waals surface area (Å²) in [6.45, 7) is 12.6. The second-order valence-electron chi connectivity index (χ2n) is 19.8. The molecule has 0 saturated carbocycles. The number of amides is 4. The van der Waals surface area contributed by atoms with Gasteiger partial charge >= 0.3 is 59.8 Å². The molecule has 29 nitrogen and oxygen atoms in total. The number of urea groups is 1. The number of hydrogen-bond donors (Lipinski definition) is 3. The van der Waals surface area contributed by atoms with Gasteiger partial charge in [-0.2, -0.15) is 0 Å². The van der Waals surface area contributed by atoms with E-state index in [1.54, 1.807) is 51.1 Å². The highest BCUT2D eigenvalue weighted by molar-refractivity contribution is 5.95. The summed E-state index contributed by atoms with van der Waals surface area (Å²) in [6.07, 6.45) is -18.2. The summed E-state index contributed by atoms with van der Waals surface area (Å²) in [5.41, 5.74) is -0.228. The number of carbonyl (C=O) groups excluding carboxylic acids is 12. The third-order valence-electron chi connectivity index (χ3n) is 11.6. The molecule has 82 heavy (non-hydrogen) atoms. The van der Waals surface area contributed by atoms with Crippen LogP contribution in [-0.4, -0.2) is 202 Å². The van der Waals surface area contributed by atoms with Crippen LogP contribution in [0.1, 0.15) is 101 Å². The Morgan fingerprint density at radius 2 is 1.10 bits per heavy atom. The van der Waals surface area contributed by atoms with Crippen LogP contribution in [0.25, 0.3) is 0 Å². The zero-order valence-corrected chi connectivity index (χ0v) is 48.2. The number of benzene rings is 1. The van der Waals surface area contributed by atoms with Crippen LogP contribution in [0.4, 0.5) is 4.79 Å². The standard InChI is InChI=1S/C53H76N4O25/c1-14-71-40(65)24-37(48(67)54-27(2)47(66)55-36(49(68)70-13)23-35-19-16-15-17-20-35)57(52(69)56-53(10,11)12)21-18-22-72-50-45(78-33(8)63)44(77-32(7)62)42(39(80-50)26-74-29(4)59)82-51-46(79-34(9)64)43(76-31(6)61)41(75-30(5)60)38(81-51)25-73-28(3)58/h15-17,19-20,27,36-39,41-46,50-51H,14,18,21-26H2,1-13H3,(H,54,67)(H,55,66)(H,56,69)/t27-,36-,37?,38+,39+,41-,42+,43-,44-,45+,46+,50+,51-/m0/s1. The van der Waals surface area contributed by atoms with E-state index in [1.807, 2.05) is 0 Å². The zero-order valence-electron chi connectivity index (χ0n) is 48.2. The Morgan fingerprint density at radius 3 is 1.60 bits per heavy atom. The molecule has 0 radical (unpaired) electrons. The molecule has 0 aromatic heterocycles. The number of carbonyl (C=O) groups is 12. The second kappa shape index (κ2) is 32.8. The Morgan fingerprint density at radius 1 is 0.610 bits per heavy atom. The molecule has 13 atom stereocenters. The minimum Gasteiger partial charge on any atom is -0.467 e. The molecule has 1 aromatic carbocycles. The van der Waals surface area contributed by atoms with E-state index in [1.165, 1.54) is 13.8 Å². The molecule has 1 unspecified atom stereocenters. The highest BCUT2D eigenvalue weighted by atomic mass is 16.8. The summed E-state index contributed by atoms with van der Waals surface area (Å²) in [4.78, 5) is 157. The average molecular weight is 1170 g/mol. The molecule has 0 bridgehead atoms. The molecule has 2 aliphatic heterocycles. The minimum atomic E-state index is -1.94. The smallest absolute Gasteiger partial charge is 0.328 e. The Kier molecular flexibility index (Phi) is 27.5. The van der Waals surface area contributed by atoms with Gasteiger partial charge in [-0.1, -0.05) is 30.3 Å². The Labute approximate surface area is 473 Å². The molecular formula is C53H76N4O25. The molecule has 2 fully saturated rings. The van der Waals surface area contributed by atoms with E-state index in [-0.39, 0.29) is 26.0 Å². The van der Waals surface area contributed by atoms with Crippen LogP contribution >= 0.6 is 0 Å². The zero-order chi connectivity index (χ0) is 61.6. The van der Waals surface area contributed by atoms with E-state index in [2.05, 4.69) is 16.0 Å². The van der Waals surface area contributed by atoms with Crippen molar-refractivity contribution in [2.75, 3.05) is 40.1 Å². The summed E-state index contributed by atoms with van der Waals surface area (Å²) in [7, 11) is 1.15. The van der Waals surface area contributed by atoms with Gasteiger partial charge in [-0.05, 0) is 46.6 Å². The molecule has 458 valence electrons. The predicted molar refractivity (Wildman–Crippen MR) is 276 cm³/mol. The van der Waals surface area contributed by atoms with Crippen molar-refractivity contribution < 1.29 is 119 Å². The number of esters is 9. The first-order valence-corrected chi connectivity index (χ1v) is 26.1. The molecule has 2 aliphatic rings. The van der Waals surface area contributed by atoms with Crippen molar-refractivity contribution >= 4 is 71.6 Å². The van der Waals surface area contributed by atoms with Crippen LogP contribution in [0, 0.1) is 0 Å². The van der Waals surface area contributed by atoms with Crippen molar-refractivity contribution in [2.24, 2.45) is 0 Å². The maximum absolute atomic E-state index is 14.3. The quantitative estimate of drug-likeness (QED) is 0.0615. The fourth-order valence-electron chi connectivity index (χ4n) is 8.41. The van der Waals surface area contributed by atoms with E-state index in [0.717, 1.165) is 60.5 Å². The van der Waals surface area contributed by atoms with Crippen LogP contribution < -0.4 is 16.0 Å². The van der Waals surface area contributed by atoms with Crippen molar-refractivity contribution in [3.8, 4) is 0 Å². The van der Waals surface area contributed by atoms with Crippen LogP contribution in [0.3, 0.4) is 0 Å². The van der Waals surface area contributed by atoms with E-state index < -0.39 is 183 Å². The summed E-state index contributed by atoms with van der Waals surface area (Å²) in [6, 6.07) is 3.70. The molecular weight excluding hydrogens is 1090 g/mol. The normalized spacial score (nSPS) is 23.3. The Hall–Kier alpha value is -7.50. The number of hydrogen-bond acceptors (Lipinski definition) is 25. The average Bonchev–Trinajstić information content (AvgIpc) is 3.39. The first kappa shape index (κ1) is 68.8. The molecule has 2 heterocycles. The molecule has 1 aromatic rings. The first-order valence-electron chi connectivity index (χ1n) is 26.1. The van der Waals surface area contributed by atoms with Crippen molar-refractivity contribution in [2.45, 2.75) is 187 Å². The SMILES string of the molecule is CCOC(=O)CC(C(=O)N[C@@H](C)C(=O)N[C@@H](Cc1ccccc1)C(=O)OC)N(CCCO[C@@H]1O[C@H](COC(C)=O)[C@@H](O[C@@H]2O[C@H](COC(C)=O)[C@H](OC(C)=O)[C@H](OC(C)=O)[C@H]2OC(C)=O)[C@H](OC(C)=O)[C@H]1OC(C)=O)C(=O)NC(C)(C)C. The highest BCUT2D eigenvalue weighted by Crippen LogP contribution is 2.36. The lowest BCUT2D eigenvalue weighted by Crippen LogP contribution is -2.67. The van der Waals surface area contributed by atoms with Crippen molar-refractivity contribution in [3.63, 3.8) is 0 Å². The van der Waals surface area contributed by atoms with E-state index in [4.69, 9.17) is 61.6 Å². The van der Waals surface area contributed by atoms with Gasteiger partial charge < -0.3 is 82.4 Å². The van der Waals surface area contributed by atoms with Crippen molar-refractivity contribution in [3.05, 3.63) is 35.9 Å². The number of nitrogens with zero attached hydrogens (tertiary/aromatic N) is 1. The second-order valence-corrected chi connectivity index (χ2v) is 19.8.